The smallest absolute Gasteiger partial charge is 0.332 e. The molecule has 9 nitrogen and oxygen atoms in total. The van der Waals surface area contributed by atoms with Crippen LogP contribution in [-0.2, 0) is 6.42 Å². The summed E-state index contributed by atoms with van der Waals surface area (Å²) in [5.41, 5.74) is -1.53. The molecule has 2 rings (SSSR count). The van der Waals surface area contributed by atoms with Crippen molar-refractivity contribution in [3.8, 4) is 0 Å². The molecule has 0 atom stereocenters. The van der Waals surface area contributed by atoms with Gasteiger partial charge in [-0.05, 0) is 0 Å². The van der Waals surface area contributed by atoms with Gasteiger partial charge in [0.05, 0.1) is 4.92 Å². The van der Waals surface area contributed by atoms with Crippen molar-refractivity contribution in [1.29, 1.82) is 0 Å². The average Bonchev–Trinajstić information content (AvgIpc) is 2.40. The number of nitrogens with two attached hydrogens (primary N) is 1. The van der Waals surface area contributed by atoms with Crippen molar-refractivity contribution >= 4 is 5.69 Å². The maximum atomic E-state index is 11.7. The number of nitro benzene ring substituents is 1. The van der Waals surface area contributed by atoms with Crippen LogP contribution in [0.1, 0.15) is 11.3 Å². The Morgan fingerprint density at radius 2 is 2.05 bits per heavy atom. The Bertz CT molecular complexity index is 748. The van der Waals surface area contributed by atoms with Gasteiger partial charge in [-0.1, -0.05) is 18.2 Å². The van der Waals surface area contributed by atoms with E-state index in [-0.39, 0.29) is 17.8 Å². The van der Waals surface area contributed by atoms with Crippen LogP contribution in [-0.4, -0.2) is 19.8 Å². The summed E-state index contributed by atoms with van der Waals surface area (Å²) in [5.74, 6) is 5.22. The van der Waals surface area contributed by atoms with E-state index in [9.17, 15) is 19.7 Å². The molecule has 0 fully saturated rings. The maximum absolute atomic E-state index is 11.7. The van der Waals surface area contributed by atoms with Crippen molar-refractivity contribution in [2.45, 2.75) is 6.42 Å². The van der Waals surface area contributed by atoms with Gasteiger partial charge in [0.1, 0.15) is 5.69 Å². The number of benzene rings is 1. The first-order valence-corrected chi connectivity index (χ1v) is 5.18. The largest absolute Gasteiger partial charge is 0.363 e. The summed E-state index contributed by atoms with van der Waals surface area (Å²) in [5, 5.41) is 16.4. The molecule has 0 saturated heterocycles. The van der Waals surface area contributed by atoms with E-state index in [1.807, 2.05) is 5.10 Å². The molecule has 98 valence electrons. The van der Waals surface area contributed by atoms with E-state index >= 15 is 0 Å². The van der Waals surface area contributed by atoms with Gasteiger partial charge in [0.2, 0.25) is 0 Å². The summed E-state index contributed by atoms with van der Waals surface area (Å²) in [6.45, 7) is 0. The van der Waals surface area contributed by atoms with Crippen LogP contribution in [0.4, 0.5) is 5.69 Å². The quantitative estimate of drug-likeness (QED) is 0.420. The minimum Gasteiger partial charge on any atom is -0.332 e. The van der Waals surface area contributed by atoms with E-state index in [2.05, 4.69) is 5.10 Å². The molecule has 0 spiro atoms. The minimum atomic E-state index is -0.851. The number of aromatic nitrogens is 3. The second kappa shape index (κ2) is 4.72. The third-order valence-electron chi connectivity index (χ3n) is 2.52. The molecule has 19 heavy (non-hydrogen) atoms. The zero-order chi connectivity index (χ0) is 14.0. The molecule has 0 aliphatic carbocycles. The molecule has 0 amide bonds. The van der Waals surface area contributed by atoms with Crippen LogP contribution in [0, 0.1) is 10.1 Å². The number of nitro groups is 1. The average molecular weight is 263 g/mol. The van der Waals surface area contributed by atoms with E-state index in [1.54, 1.807) is 6.07 Å². The number of aromatic amines is 1. The number of hydrogen-bond donors (Lipinski definition) is 2. The first kappa shape index (κ1) is 12.5. The molecular formula is C10H9N5O4. The lowest BCUT2D eigenvalue weighted by molar-refractivity contribution is -0.385. The standard InChI is InChI=1S/C10H9N5O4/c11-14-9(16)7(12-13-10(14)17)5-6-3-1-2-4-8(6)15(18)19/h1-4H,5,11H2,(H,13,17). The van der Waals surface area contributed by atoms with Gasteiger partial charge >= 0.3 is 5.69 Å². The molecule has 0 radical (unpaired) electrons. The number of rotatable bonds is 3. The van der Waals surface area contributed by atoms with Gasteiger partial charge in [0, 0.05) is 18.1 Å². The van der Waals surface area contributed by atoms with Crippen molar-refractivity contribution < 1.29 is 4.92 Å². The van der Waals surface area contributed by atoms with Gasteiger partial charge in [-0.3, -0.25) is 14.9 Å². The van der Waals surface area contributed by atoms with Gasteiger partial charge in [-0.25, -0.2) is 9.89 Å². The highest BCUT2D eigenvalue weighted by atomic mass is 16.6. The molecule has 0 unspecified atom stereocenters. The molecule has 1 heterocycles. The summed E-state index contributed by atoms with van der Waals surface area (Å²) >= 11 is 0. The molecule has 3 N–H and O–H groups in total. The lowest BCUT2D eigenvalue weighted by Gasteiger charge is -2.02. The van der Waals surface area contributed by atoms with Crippen molar-refractivity contribution in [2.24, 2.45) is 0 Å². The van der Waals surface area contributed by atoms with Crippen molar-refractivity contribution in [3.05, 3.63) is 66.5 Å². The highest BCUT2D eigenvalue weighted by Gasteiger charge is 2.16. The van der Waals surface area contributed by atoms with Crippen LogP contribution in [0.25, 0.3) is 0 Å². The summed E-state index contributed by atoms with van der Waals surface area (Å²) in [7, 11) is 0. The Morgan fingerprint density at radius 1 is 1.37 bits per heavy atom. The lowest BCUT2D eigenvalue weighted by atomic mass is 10.1. The van der Waals surface area contributed by atoms with Gasteiger partial charge in [0.25, 0.3) is 11.2 Å². The fourth-order valence-corrected chi connectivity index (χ4v) is 1.58. The van der Waals surface area contributed by atoms with Crippen LogP contribution >= 0.6 is 0 Å². The summed E-state index contributed by atoms with van der Waals surface area (Å²) in [4.78, 5) is 33.0. The Hall–Kier alpha value is -2.97. The van der Waals surface area contributed by atoms with E-state index in [4.69, 9.17) is 5.84 Å². The Morgan fingerprint density at radius 3 is 2.74 bits per heavy atom. The van der Waals surface area contributed by atoms with Gasteiger partial charge in [-0.15, -0.1) is 0 Å². The molecule has 2 aromatic rings. The zero-order valence-corrected chi connectivity index (χ0v) is 9.57. The molecule has 0 bridgehead atoms. The number of hydrogen-bond acceptors (Lipinski definition) is 6. The first-order valence-electron chi connectivity index (χ1n) is 5.18. The maximum Gasteiger partial charge on any atom is 0.363 e. The van der Waals surface area contributed by atoms with E-state index in [0.29, 0.717) is 10.2 Å². The van der Waals surface area contributed by atoms with Gasteiger partial charge in [-0.2, -0.15) is 9.77 Å². The fourth-order valence-electron chi connectivity index (χ4n) is 1.58. The van der Waals surface area contributed by atoms with Crippen molar-refractivity contribution in [1.82, 2.24) is 14.9 Å². The highest BCUT2D eigenvalue weighted by molar-refractivity contribution is 5.41. The summed E-state index contributed by atoms with van der Waals surface area (Å²) < 4.78 is 0.372. The number of nitrogen functional groups attached to an aromatic ring is 1. The number of H-pyrrole nitrogens is 1. The molecule has 0 aliphatic heterocycles. The Balaban J connectivity index is 2.48. The third kappa shape index (κ3) is 2.34. The van der Waals surface area contributed by atoms with E-state index < -0.39 is 16.2 Å². The fraction of sp³-hybridized carbons (Fsp3) is 0.100. The molecular weight excluding hydrogens is 254 g/mol. The summed E-state index contributed by atoms with van der Waals surface area (Å²) in [6.07, 6.45) is -0.0933. The Labute approximate surface area is 105 Å². The second-order valence-corrected chi connectivity index (χ2v) is 3.71. The van der Waals surface area contributed by atoms with Crippen molar-refractivity contribution in [2.75, 3.05) is 5.84 Å². The molecule has 0 aliphatic rings. The third-order valence-corrected chi connectivity index (χ3v) is 2.52. The highest BCUT2D eigenvalue weighted by Crippen LogP contribution is 2.19. The van der Waals surface area contributed by atoms with E-state index in [1.165, 1.54) is 18.2 Å². The summed E-state index contributed by atoms with van der Waals surface area (Å²) in [6, 6.07) is 5.95. The van der Waals surface area contributed by atoms with Crippen LogP contribution in [0.2, 0.25) is 0 Å². The molecule has 9 heteroatoms. The predicted molar refractivity (Wildman–Crippen MR) is 65.2 cm³/mol. The van der Waals surface area contributed by atoms with Gasteiger partial charge in [0.15, 0.2) is 0 Å². The molecule has 0 saturated carbocycles. The topological polar surface area (TPSA) is 137 Å². The normalized spacial score (nSPS) is 10.3. The van der Waals surface area contributed by atoms with E-state index in [0.717, 1.165) is 0 Å². The second-order valence-electron chi connectivity index (χ2n) is 3.71. The van der Waals surface area contributed by atoms with Crippen LogP contribution in [0.15, 0.2) is 33.9 Å². The number of nitrogens with zero attached hydrogens (tertiary/aromatic N) is 3. The SMILES string of the molecule is Nn1c(=O)[nH]nc(Cc2ccccc2[N+](=O)[O-])c1=O. The molecule has 1 aromatic carbocycles. The predicted octanol–water partition coefficient (Wildman–Crippen LogP) is -0.856. The molecule has 1 aromatic heterocycles. The van der Waals surface area contributed by atoms with Gasteiger partial charge < -0.3 is 5.84 Å². The first-order chi connectivity index (χ1) is 9.00. The van der Waals surface area contributed by atoms with Crippen LogP contribution < -0.4 is 17.1 Å². The number of para-hydroxylation sites is 1. The minimum absolute atomic E-state index is 0.0728. The van der Waals surface area contributed by atoms with Crippen LogP contribution in [0.3, 0.4) is 0 Å². The Kier molecular flexibility index (Phi) is 3.10. The van der Waals surface area contributed by atoms with Crippen LogP contribution in [0.5, 0.6) is 0 Å². The number of nitrogens with one attached hydrogen (secondary N) is 1. The lowest BCUT2D eigenvalue weighted by Crippen LogP contribution is -2.43. The monoisotopic (exact) mass is 263 g/mol. The van der Waals surface area contributed by atoms with Crippen molar-refractivity contribution in [3.63, 3.8) is 0 Å². The zero-order valence-electron chi connectivity index (χ0n) is 9.57.